The van der Waals surface area contributed by atoms with Gasteiger partial charge in [-0.15, -0.1) is 11.3 Å². The van der Waals surface area contributed by atoms with Gasteiger partial charge >= 0.3 is 5.63 Å². The SMILES string of the molecule is COc1cc2nc(Cc3cccs3)oc(=O)c2cc1OC. The minimum absolute atomic E-state index is 0.377. The van der Waals surface area contributed by atoms with Gasteiger partial charge < -0.3 is 13.9 Å². The van der Waals surface area contributed by atoms with Gasteiger partial charge in [0.1, 0.15) is 0 Å². The van der Waals surface area contributed by atoms with Gasteiger partial charge in [0.05, 0.1) is 31.5 Å². The van der Waals surface area contributed by atoms with E-state index < -0.39 is 5.63 Å². The van der Waals surface area contributed by atoms with E-state index in [1.54, 1.807) is 30.6 Å². The van der Waals surface area contributed by atoms with E-state index in [0.29, 0.717) is 34.7 Å². The smallest absolute Gasteiger partial charge is 0.346 e. The molecule has 0 bridgehead atoms. The predicted octanol–water partition coefficient (Wildman–Crippen LogP) is 2.86. The summed E-state index contributed by atoms with van der Waals surface area (Å²) in [5, 5.41) is 2.35. The molecule has 0 amide bonds. The Morgan fingerprint density at radius 3 is 2.67 bits per heavy atom. The number of ether oxygens (including phenoxy) is 2. The Kier molecular flexibility index (Phi) is 3.62. The number of hydrogen-bond acceptors (Lipinski definition) is 6. The molecule has 0 saturated carbocycles. The summed E-state index contributed by atoms with van der Waals surface area (Å²) in [4.78, 5) is 17.6. The number of methoxy groups -OCH3 is 2. The second-order valence-electron chi connectivity index (χ2n) is 4.38. The van der Waals surface area contributed by atoms with Gasteiger partial charge in [0.2, 0.25) is 5.89 Å². The molecule has 1 aromatic carbocycles. The van der Waals surface area contributed by atoms with E-state index in [2.05, 4.69) is 4.98 Å². The molecule has 0 radical (unpaired) electrons. The summed E-state index contributed by atoms with van der Waals surface area (Å²) >= 11 is 1.60. The van der Waals surface area contributed by atoms with Crippen LogP contribution in [0.1, 0.15) is 10.8 Å². The summed E-state index contributed by atoms with van der Waals surface area (Å²) in [6.07, 6.45) is 0.497. The number of aromatic nitrogens is 1. The number of benzene rings is 1. The Hall–Kier alpha value is -2.34. The number of hydrogen-bond donors (Lipinski definition) is 0. The van der Waals surface area contributed by atoms with Gasteiger partial charge in [-0.05, 0) is 11.4 Å². The van der Waals surface area contributed by atoms with Crippen molar-refractivity contribution in [2.75, 3.05) is 14.2 Å². The first-order chi connectivity index (χ1) is 10.2. The van der Waals surface area contributed by atoms with Crippen molar-refractivity contribution in [1.82, 2.24) is 4.98 Å². The number of thiophene rings is 1. The normalized spacial score (nSPS) is 10.8. The van der Waals surface area contributed by atoms with Crippen LogP contribution in [0.4, 0.5) is 0 Å². The lowest BCUT2D eigenvalue weighted by atomic mass is 10.2. The number of rotatable bonds is 4. The van der Waals surface area contributed by atoms with Crippen molar-refractivity contribution >= 4 is 22.2 Å². The van der Waals surface area contributed by atoms with Crippen LogP contribution in [0.5, 0.6) is 11.5 Å². The minimum atomic E-state index is -0.424. The fourth-order valence-corrected chi connectivity index (χ4v) is 2.78. The second kappa shape index (κ2) is 5.57. The van der Waals surface area contributed by atoms with Crippen molar-refractivity contribution in [2.24, 2.45) is 0 Å². The average Bonchev–Trinajstić information content (AvgIpc) is 2.99. The Morgan fingerprint density at radius 1 is 1.24 bits per heavy atom. The number of nitrogens with zero attached hydrogens (tertiary/aromatic N) is 1. The maximum atomic E-state index is 12.1. The van der Waals surface area contributed by atoms with Gasteiger partial charge in [-0.2, -0.15) is 0 Å². The van der Waals surface area contributed by atoms with Crippen LogP contribution < -0.4 is 15.1 Å². The molecule has 0 aliphatic rings. The number of fused-ring (bicyclic) bond motifs is 1. The van der Waals surface area contributed by atoms with Gasteiger partial charge in [0.25, 0.3) is 0 Å². The van der Waals surface area contributed by atoms with Crippen molar-refractivity contribution in [1.29, 1.82) is 0 Å². The Balaban J connectivity index is 2.12. The molecule has 0 aliphatic heterocycles. The highest BCUT2D eigenvalue weighted by Gasteiger charge is 2.12. The highest BCUT2D eigenvalue weighted by atomic mass is 32.1. The van der Waals surface area contributed by atoms with E-state index in [0.717, 1.165) is 4.88 Å². The predicted molar refractivity (Wildman–Crippen MR) is 80.5 cm³/mol. The van der Waals surface area contributed by atoms with Gasteiger partial charge in [-0.1, -0.05) is 6.07 Å². The van der Waals surface area contributed by atoms with Crippen molar-refractivity contribution in [3.63, 3.8) is 0 Å². The van der Waals surface area contributed by atoms with Crippen LogP contribution in [-0.4, -0.2) is 19.2 Å². The molecule has 21 heavy (non-hydrogen) atoms. The first-order valence-corrected chi connectivity index (χ1v) is 7.17. The summed E-state index contributed by atoms with van der Waals surface area (Å²) in [5.41, 5.74) is 0.114. The van der Waals surface area contributed by atoms with Crippen LogP contribution in [0.15, 0.2) is 38.9 Å². The van der Waals surface area contributed by atoms with E-state index in [1.807, 2.05) is 17.5 Å². The summed E-state index contributed by atoms with van der Waals surface area (Å²) in [5.74, 6) is 1.40. The van der Waals surface area contributed by atoms with Gasteiger partial charge in [-0.25, -0.2) is 9.78 Å². The topological polar surface area (TPSA) is 61.6 Å². The van der Waals surface area contributed by atoms with Crippen LogP contribution >= 0.6 is 11.3 Å². The van der Waals surface area contributed by atoms with Crippen molar-refractivity contribution in [3.05, 3.63) is 50.8 Å². The fourth-order valence-electron chi connectivity index (χ4n) is 2.08. The molecule has 0 unspecified atom stereocenters. The monoisotopic (exact) mass is 303 g/mol. The zero-order chi connectivity index (χ0) is 14.8. The Labute approximate surface area is 124 Å². The van der Waals surface area contributed by atoms with Crippen molar-refractivity contribution < 1.29 is 13.9 Å². The molecule has 2 aromatic heterocycles. The highest BCUT2D eigenvalue weighted by molar-refractivity contribution is 7.09. The lowest BCUT2D eigenvalue weighted by molar-refractivity contribution is 0.355. The first kappa shape index (κ1) is 13.6. The maximum absolute atomic E-state index is 12.1. The summed E-state index contributed by atoms with van der Waals surface area (Å²) in [6.45, 7) is 0. The first-order valence-electron chi connectivity index (χ1n) is 6.29. The zero-order valence-electron chi connectivity index (χ0n) is 11.6. The summed E-state index contributed by atoms with van der Waals surface area (Å²) < 4.78 is 15.7. The summed E-state index contributed by atoms with van der Waals surface area (Å²) in [7, 11) is 3.06. The third kappa shape index (κ3) is 2.62. The van der Waals surface area contributed by atoms with Crippen LogP contribution in [0, 0.1) is 0 Å². The van der Waals surface area contributed by atoms with E-state index in [-0.39, 0.29) is 0 Å². The van der Waals surface area contributed by atoms with E-state index in [1.165, 1.54) is 7.11 Å². The third-order valence-corrected chi connectivity index (χ3v) is 3.96. The molecule has 108 valence electrons. The van der Waals surface area contributed by atoms with Crippen molar-refractivity contribution in [3.8, 4) is 11.5 Å². The molecular weight excluding hydrogens is 290 g/mol. The molecule has 2 heterocycles. The minimum Gasteiger partial charge on any atom is -0.493 e. The quantitative estimate of drug-likeness (QED) is 0.741. The van der Waals surface area contributed by atoms with E-state index in [4.69, 9.17) is 13.9 Å². The summed E-state index contributed by atoms with van der Waals surface area (Å²) in [6, 6.07) is 7.20. The molecule has 6 heteroatoms. The molecule has 0 atom stereocenters. The fraction of sp³-hybridized carbons (Fsp3) is 0.200. The average molecular weight is 303 g/mol. The molecule has 3 rings (SSSR count). The van der Waals surface area contributed by atoms with Crippen molar-refractivity contribution in [2.45, 2.75) is 6.42 Å². The van der Waals surface area contributed by atoms with Crippen LogP contribution in [0.3, 0.4) is 0 Å². The lowest BCUT2D eigenvalue weighted by Crippen LogP contribution is -2.06. The van der Waals surface area contributed by atoms with Crippen LogP contribution in [0.25, 0.3) is 10.9 Å². The largest absolute Gasteiger partial charge is 0.493 e. The Bertz CT molecular complexity index is 824. The molecule has 3 aromatic rings. The Morgan fingerprint density at radius 2 is 2.00 bits per heavy atom. The highest BCUT2D eigenvalue weighted by Crippen LogP contribution is 2.30. The second-order valence-corrected chi connectivity index (χ2v) is 5.41. The van der Waals surface area contributed by atoms with E-state index >= 15 is 0 Å². The molecule has 0 N–H and O–H groups in total. The van der Waals surface area contributed by atoms with E-state index in [9.17, 15) is 4.79 Å². The molecular formula is C15H13NO4S. The molecule has 5 nitrogen and oxygen atoms in total. The molecule has 0 saturated heterocycles. The van der Waals surface area contributed by atoms with Gasteiger partial charge in [0.15, 0.2) is 11.5 Å². The maximum Gasteiger partial charge on any atom is 0.346 e. The zero-order valence-corrected chi connectivity index (χ0v) is 12.4. The van der Waals surface area contributed by atoms with Gasteiger partial charge in [0, 0.05) is 17.0 Å². The van der Waals surface area contributed by atoms with Crippen LogP contribution in [-0.2, 0) is 6.42 Å². The molecule has 0 fully saturated rings. The molecule has 0 aliphatic carbocycles. The lowest BCUT2D eigenvalue weighted by Gasteiger charge is -2.08. The van der Waals surface area contributed by atoms with Gasteiger partial charge in [-0.3, -0.25) is 0 Å². The molecule has 0 spiro atoms. The standard InChI is InChI=1S/C15H13NO4S/c1-18-12-7-10-11(8-13(12)19-2)16-14(20-15(10)17)6-9-4-3-5-21-9/h3-5,7-8H,6H2,1-2H3. The van der Waals surface area contributed by atoms with Crippen LogP contribution in [0.2, 0.25) is 0 Å². The third-order valence-electron chi connectivity index (χ3n) is 3.08.